The Bertz CT molecular complexity index is 644. The Hall–Kier alpha value is -1.23. The van der Waals surface area contributed by atoms with E-state index < -0.39 is 0 Å². The number of hydrogen-bond donors (Lipinski definition) is 2. The van der Waals surface area contributed by atoms with E-state index in [-0.39, 0.29) is 18.3 Å². The van der Waals surface area contributed by atoms with E-state index in [1.807, 2.05) is 12.1 Å². The average Bonchev–Trinajstić information content (AvgIpc) is 2.59. The summed E-state index contributed by atoms with van der Waals surface area (Å²) in [6, 6.07) is 14.7. The molecule has 5 heteroatoms. The molecule has 1 aliphatic heterocycles. The van der Waals surface area contributed by atoms with Crippen LogP contribution in [0.3, 0.4) is 0 Å². The van der Waals surface area contributed by atoms with Crippen molar-refractivity contribution >= 4 is 40.8 Å². The number of carbonyl (C=O) groups excluding carboxylic acids is 1. The maximum Gasteiger partial charge on any atom is 0.230 e. The zero-order chi connectivity index (χ0) is 15.2. The van der Waals surface area contributed by atoms with E-state index in [4.69, 9.17) is 0 Å². The SMILES string of the molecule is Cl.O=C(CSc1ccc2ccccc2c1)NCC1CCCNC1. The second kappa shape index (κ2) is 9.16. The molecule has 1 atom stereocenters. The van der Waals surface area contributed by atoms with Gasteiger partial charge in [-0.25, -0.2) is 0 Å². The summed E-state index contributed by atoms with van der Waals surface area (Å²) >= 11 is 1.60. The maximum atomic E-state index is 12.0. The smallest absolute Gasteiger partial charge is 0.230 e. The zero-order valence-electron chi connectivity index (χ0n) is 13.1. The van der Waals surface area contributed by atoms with Crippen LogP contribution in [0.25, 0.3) is 10.8 Å². The lowest BCUT2D eigenvalue weighted by atomic mass is 10.00. The van der Waals surface area contributed by atoms with Crippen LogP contribution in [0.1, 0.15) is 12.8 Å². The fourth-order valence-electron chi connectivity index (χ4n) is 2.81. The van der Waals surface area contributed by atoms with Gasteiger partial charge in [-0.05, 0) is 54.8 Å². The Morgan fingerprint density at radius 2 is 2.04 bits per heavy atom. The number of rotatable bonds is 5. The van der Waals surface area contributed by atoms with Gasteiger partial charge in [0.2, 0.25) is 5.91 Å². The van der Waals surface area contributed by atoms with Crippen LogP contribution in [0.15, 0.2) is 47.4 Å². The first-order valence-corrected chi connectivity index (χ1v) is 8.89. The summed E-state index contributed by atoms with van der Waals surface area (Å²) in [6.45, 7) is 2.93. The molecule has 3 rings (SSSR count). The van der Waals surface area contributed by atoms with Gasteiger partial charge >= 0.3 is 0 Å². The first-order chi connectivity index (χ1) is 10.8. The van der Waals surface area contributed by atoms with E-state index in [1.165, 1.54) is 23.6 Å². The number of carbonyl (C=O) groups is 1. The van der Waals surface area contributed by atoms with Gasteiger partial charge in [0, 0.05) is 11.4 Å². The third-order valence-electron chi connectivity index (χ3n) is 4.08. The van der Waals surface area contributed by atoms with Crippen LogP contribution in [0.2, 0.25) is 0 Å². The molecular weight excluding hydrogens is 328 g/mol. The number of amides is 1. The summed E-state index contributed by atoms with van der Waals surface area (Å²) < 4.78 is 0. The average molecular weight is 351 g/mol. The first-order valence-electron chi connectivity index (χ1n) is 7.90. The molecule has 1 aliphatic rings. The number of piperidine rings is 1. The van der Waals surface area contributed by atoms with Crippen molar-refractivity contribution in [2.45, 2.75) is 17.7 Å². The first kappa shape index (κ1) is 18.1. The number of nitrogens with one attached hydrogen (secondary N) is 2. The molecular formula is C18H23ClN2OS. The van der Waals surface area contributed by atoms with Crippen LogP contribution in [0, 0.1) is 5.92 Å². The Balaban J connectivity index is 0.00000192. The Kier molecular flexibility index (Phi) is 7.21. The molecule has 0 spiro atoms. The third-order valence-corrected chi connectivity index (χ3v) is 5.07. The van der Waals surface area contributed by atoms with Crippen LogP contribution in [0.5, 0.6) is 0 Å². The Labute approximate surface area is 148 Å². The monoisotopic (exact) mass is 350 g/mol. The number of halogens is 1. The van der Waals surface area contributed by atoms with Gasteiger partial charge in [0.25, 0.3) is 0 Å². The third kappa shape index (κ3) is 5.41. The van der Waals surface area contributed by atoms with Gasteiger partial charge in [0.05, 0.1) is 5.75 Å². The second-order valence-electron chi connectivity index (χ2n) is 5.81. The van der Waals surface area contributed by atoms with Gasteiger partial charge in [-0.15, -0.1) is 24.2 Å². The predicted octanol–water partition coefficient (Wildman–Crippen LogP) is 3.47. The maximum absolute atomic E-state index is 12.0. The van der Waals surface area contributed by atoms with Crippen molar-refractivity contribution < 1.29 is 4.79 Å². The molecule has 1 heterocycles. The van der Waals surface area contributed by atoms with E-state index in [0.29, 0.717) is 11.7 Å². The van der Waals surface area contributed by atoms with Gasteiger partial charge < -0.3 is 10.6 Å². The van der Waals surface area contributed by atoms with E-state index in [9.17, 15) is 4.79 Å². The summed E-state index contributed by atoms with van der Waals surface area (Å²) in [6.07, 6.45) is 2.43. The number of fused-ring (bicyclic) bond motifs is 1. The fourth-order valence-corrected chi connectivity index (χ4v) is 3.59. The minimum atomic E-state index is 0. The molecule has 2 aromatic rings. The summed E-state index contributed by atoms with van der Waals surface area (Å²) in [7, 11) is 0. The van der Waals surface area contributed by atoms with Gasteiger partial charge in [-0.3, -0.25) is 4.79 Å². The molecule has 0 radical (unpaired) electrons. The van der Waals surface area contributed by atoms with E-state index in [2.05, 4.69) is 41.0 Å². The van der Waals surface area contributed by atoms with Crippen molar-refractivity contribution in [1.82, 2.24) is 10.6 Å². The van der Waals surface area contributed by atoms with E-state index >= 15 is 0 Å². The summed E-state index contributed by atoms with van der Waals surface area (Å²) in [5, 5.41) is 8.90. The molecule has 1 saturated heterocycles. The predicted molar refractivity (Wildman–Crippen MR) is 101 cm³/mol. The van der Waals surface area contributed by atoms with Gasteiger partial charge in [0.1, 0.15) is 0 Å². The lowest BCUT2D eigenvalue weighted by molar-refractivity contribution is -0.118. The van der Waals surface area contributed by atoms with Gasteiger partial charge in [-0.2, -0.15) is 0 Å². The zero-order valence-corrected chi connectivity index (χ0v) is 14.7. The highest BCUT2D eigenvalue weighted by Crippen LogP contribution is 2.23. The van der Waals surface area contributed by atoms with Crippen molar-refractivity contribution in [3.05, 3.63) is 42.5 Å². The lowest BCUT2D eigenvalue weighted by Crippen LogP contribution is -2.38. The highest BCUT2D eigenvalue weighted by Gasteiger charge is 2.13. The van der Waals surface area contributed by atoms with Gasteiger partial charge in [0.15, 0.2) is 0 Å². The fraction of sp³-hybridized carbons (Fsp3) is 0.389. The van der Waals surface area contributed by atoms with Crippen molar-refractivity contribution in [2.75, 3.05) is 25.4 Å². The molecule has 0 saturated carbocycles. The summed E-state index contributed by atoms with van der Waals surface area (Å²) in [5.74, 6) is 1.20. The minimum absolute atomic E-state index is 0. The van der Waals surface area contributed by atoms with Crippen molar-refractivity contribution in [1.29, 1.82) is 0 Å². The van der Waals surface area contributed by atoms with E-state index in [0.717, 1.165) is 24.5 Å². The topological polar surface area (TPSA) is 41.1 Å². The van der Waals surface area contributed by atoms with Crippen molar-refractivity contribution in [2.24, 2.45) is 5.92 Å². The molecule has 3 nitrogen and oxygen atoms in total. The number of thioether (sulfide) groups is 1. The normalized spacial score (nSPS) is 17.5. The summed E-state index contributed by atoms with van der Waals surface area (Å²) in [5.41, 5.74) is 0. The standard InChI is InChI=1S/C18H22N2OS.ClH/c21-18(20-12-14-4-3-9-19-11-14)13-22-17-8-7-15-5-1-2-6-16(15)10-17;/h1-2,5-8,10,14,19H,3-4,9,11-13H2,(H,20,21);1H. The van der Waals surface area contributed by atoms with Crippen molar-refractivity contribution in [3.8, 4) is 0 Å². The van der Waals surface area contributed by atoms with Crippen LogP contribution in [-0.4, -0.2) is 31.3 Å². The Morgan fingerprint density at radius 3 is 2.83 bits per heavy atom. The molecule has 0 bridgehead atoms. The van der Waals surface area contributed by atoms with Crippen molar-refractivity contribution in [3.63, 3.8) is 0 Å². The van der Waals surface area contributed by atoms with Gasteiger partial charge in [-0.1, -0.05) is 30.3 Å². The quantitative estimate of drug-likeness (QED) is 0.811. The van der Waals surface area contributed by atoms with Crippen LogP contribution in [0.4, 0.5) is 0 Å². The largest absolute Gasteiger partial charge is 0.355 e. The summed E-state index contributed by atoms with van der Waals surface area (Å²) in [4.78, 5) is 13.1. The minimum Gasteiger partial charge on any atom is -0.355 e. The molecule has 1 fully saturated rings. The molecule has 23 heavy (non-hydrogen) atoms. The lowest BCUT2D eigenvalue weighted by Gasteiger charge is -2.22. The van der Waals surface area contributed by atoms with Crippen LogP contribution < -0.4 is 10.6 Å². The highest BCUT2D eigenvalue weighted by molar-refractivity contribution is 8.00. The molecule has 124 valence electrons. The molecule has 0 aliphatic carbocycles. The molecule has 0 aromatic heterocycles. The molecule has 2 N–H and O–H groups in total. The van der Waals surface area contributed by atoms with Crippen LogP contribution >= 0.6 is 24.2 Å². The molecule has 1 unspecified atom stereocenters. The highest BCUT2D eigenvalue weighted by atomic mass is 35.5. The Morgan fingerprint density at radius 1 is 1.22 bits per heavy atom. The number of hydrogen-bond acceptors (Lipinski definition) is 3. The second-order valence-corrected chi connectivity index (χ2v) is 6.86. The van der Waals surface area contributed by atoms with E-state index in [1.54, 1.807) is 11.8 Å². The number of benzene rings is 2. The van der Waals surface area contributed by atoms with Crippen LogP contribution in [-0.2, 0) is 4.79 Å². The molecule has 1 amide bonds. The molecule has 2 aromatic carbocycles.